The molecule has 6 heteroatoms. The average Bonchev–Trinajstić information content (AvgIpc) is 3.74. The maximum Gasteiger partial charge on any atom is 0.211 e. The molecule has 0 aliphatic heterocycles. The van der Waals surface area contributed by atoms with E-state index < -0.39 is 0 Å². The summed E-state index contributed by atoms with van der Waals surface area (Å²) in [7, 11) is 0. The highest BCUT2D eigenvalue weighted by Gasteiger charge is 2.22. The molecule has 0 aliphatic rings. The van der Waals surface area contributed by atoms with Gasteiger partial charge in [0, 0.05) is 38.4 Å². The zero-order valence-corrected chi connectivity index (χ0v) is 28.8. The Hall–Kier alpha value is -7.80. The fourth-order valence-corrected chi connectivity index (χ4v) is 7.79. The van der Waals surface area contributed by atoms with Crippen LogP contribution in [0.25, 0.3) is 93.7 Å². The minimum atomic E-state index is 0.359. The molecule has 0 spiro atoms. The number of aromatic nitrogens is 4. The molecule has 7 aromatic carbocycles. The van der Waals surface area contributed by atoms with Gasteiger partial charge in [-0.15, -0.1) is 0 Å². The summed E-state index contributed by atoms with van der Waals surface area (Å²) in [4.78, 5) is 14.0. The molecule has 10 aromatic rings. The first-order valence-electron chi connectivity index (χ1n) is 17.7. The van der Waals surface area contributed by atoms with E-state index in [1.54, 1.807) is 0 Å². The van der Waals surface area contributed by atoms with Crippen LogP contribution in [0, 0.1) is 17.9 Å². The summed E-state index contributed by atoms with van der Waals surface area (Å²) in [5.41, 5.74) is 10.2. The van der Waals surface area contributed by atoms with Crippen LogP contribution < -0.4 is 0 Å². The fourth-order valence-electron chi connectivity index (χ4n) is 7.79. The SMILES string of the molecule is [C-]#[N+]c1cc(-c2nc(-c3ccccc3)nc(-c3ccccc3)c2C#N)ccc1-n1c2ccccc2c2cc3c4ccccc4n(-c4ccccc4)c3cc21. The fraction of sp³-hybridized carbons (Fsp3) is 0. The number of nitrogens with zero attached hydrogens (tertiary/aromatic N) is 6. The Labute approximate surface area is 310 Å². The Bertz CT molecular complexity index is 3160. The molecule has 0 aliphatic carbocycles. The number of rotatable bonds is 5. The second-order valence-corrected chi connectivity index (χ2v) is 13.2. The van der Waals surface area contributed by atoms with Gasteiger partial charge in [0.1, 0.15) is 11.6 Å². The van der Waals surface area contributed by atoms with E-state index in [0.717, 1.165) is 55.3 Å². The summed E-state index contributed by atoms with van der Waals surface area (Å²) in [6.45, 7) is 8.47. The first kappa shape index (κ1) is 31.0. The maximum atomic E-state index is 10.6. The predicted molar refractivity (Wildman–Crippen MR) is 218 cm³/mol. The first-order chi connectivity index (χ1) is 26.7. The van der Waals surface area contributed by atoms with E-state index in [0.29, 0.717) is 34.0 Å². The van der Waals surface area contributed by atoms with Crippen LogP contribution >= 0.6 is 0 Å². The van der Waals surface area contributed by atoms with Gasteiger partial charge in [0.15, 0.2) is 5.82 Å². The molecule has 0 fully saturated rings. The Morgan fingerprint density at radius 3 is 1.65 bits per heavy atom. The monoisotopic (exact) mass is 688 g/mol. The number of para-hydroxylation sites is 3. The molecule has 0 saturated carbocycles. The van der Waals surface area contributed by atoms with Crippen molar-refractivity contribution in [1.29, 1.82) is 5.26 Å². The van der Waals surface area contributed by atoms with Crippen molar-refractivity contribution in [2.75, 3.05) is 0 Å². The average molecular weight is 689 g/mol. The molecule has 0 radical (unpaired) electrons. The van der Waals surface area contributed by atoms with E-state index in [1.165, 1.54) is 10.8 Å². The van der Waals surface area contributed by atoms with Gasteiger partial charge in [-0.25, -0.2) is 14.8 Å². The standard InChI is InChI=1S/C48H28N6/c1-50-40-27-33(47-39(30-49)46(31-15-5-2-6-16-31)51-48(52-47)32-17-7-3-8-18-32)25-26-43(40)54-42-24-14-12-22-36(42)38-28-37-35-21-11-13-23-41(35)53(44(37)29-45(38)54)34-19-9-4-10-20-34/h2-29H. The molecule has 3 aromatic heterocycles. The summed E-state index contributed by atoms with van der Waals surface area (Å²) in [6, 6.07) is 59.6. The third-order valence-electron chi connectivity index (χ3n) is 10.2. The molecule has 0 unspecified atom stereocenters. The molecule has 0 N–H and O–H groups in total. The largest absolute Gasteiger partial charge is 0.319 e. The molecule has 0 amide bonds. The van der Waals surface area contributed by atoms with Crippen molar-refractivity contribution in [3.05, 3.63) is 187 Å². The lowest BCUT2D eigenvalue weighted by Crippen LogP contribution is -2.01. The van der Waals surface area contributed by atoms with E-state index in [-0.39, 0.29) is 0 Å². The third kappa shape index (κ3) is 4.79. The van der Waals surface area contributed by atoms with Crippen LogP contribution in [0.1, 0.15) is 5.56 Å². The van der Waals surface area contributed by atoms with Crippen molar-refractivity contribution in [3.63, 3.8) is 0 Å². The topological polar surface area (TPSA) is 63.8 Å². The smallest absolute Gasteiger partial charge is 0.211 e. The summed E-state index contributed by atoms with van der Waals surface area (Å²) in [5.74, 6) is 0.511. The number of hydrogen-bond acceptors (Lipinski definition) is 3. The lowest BCUT2D eigenvalue weighted by atomic mass is 9.99. The Morgan fingerprint density at radius 1 is 0.481 bits per heavy atom. The van der Waals surface area contributed by atoms with Gasteiger partial charge in [-0.05, 0) is 54.1 Å². The summed E-state index contributed by atoms with van der Waals surface area (Å²) in [6.07, 6.45) is 0. The highest BCUT2D eigenvalue weighted by atomic mass is 15.0. The molecule has 6 nitrogen and oxygen atoms in total. The van der Waals surface area contributed by atoms with Crippen LogP contribution in [0.5, 0.6) is 0 Å². The van der Waals surface area contributed by atoms with E-state index in [4.69, 9.17) is 16.5 Å². The van der Waals surface area contributed by atoms with E-state index in [9.17, 15) is 5.26 Å². The van der Waals surface area contributed by atoms with Gasteiger partial charge < -0.3 is 9.13 Å². The molecule has 0 saturated heterocycles. The third-order valence-corrected chi connectivity index (χ3v) is 10.2. The number of nitriles is 1. The maximum absolute atomic E-state index is 10.6. The van der Waals surface area contributed by atoms with Crippen molar-refractivity contribution in [3.8, 4) is 51.3 Å². The van der Waals surface area contributed by atoms with Crippen molar-refractivity contribution in [1.82, 2.24) is 19.1 Å². The Kier molecular flexibility index (Phi) is 7.15. The van der Waals surface area contributed by atoms with Gasteiger partial charge in [-0.1, -0.05) is 121 Å². The number of hydrogen-bond donors (Lipinski definition) is 0. The van der Waals surface area contributed by atoms with Crippen molar-refractivity contribution >= 4 is 49.3 Å². The molecule has 0 bridgehead atoms. The van der Waals surface area contributed by atoms with Crippen molar-refractivity contribution in [2.45, 2.75) is 0 Å². The normalized spacial score (nSPS) is 11.3. The molecule has 54 heavy (non-hydrogen) atoms. The van der Waals surface area contributed by atoms with Crippen LogP contribution in [-0.4, -0.2) is 19.1 Å². The van der Waals surface area contributed by atoms with Gasteiger partial charge in [0.25, 0.3) is 0 Å². The zero-order chi connectivity index (χ0) is 36.2. The second-order valence-electron chi connectivity index (χ2n) is 13.2. The van der Waals surface area contributed by atoms with Gasteiger partial charge in [-0.2, -0.15) is 5.26 Å². The van der Waals surface area contributed by atoms with Gasteiger partial charge in [-0.3, -0.25) is 0 Å². The first-order valence-corrected chi connectivity index (χ1v) is 17.7. The van der Waals surface area contributed by atoms with Crippen molar-refractivity contribution < 1.29 is 0 Å². The molecule has 3 heterocycles. The van der Waals surface area contributed by atoms with Crippen LogP contribution in [0.4, 0.5) is 5.69 Å². The minimum Gasteiger partial charge on any atom is -0.319 e. The second kappa shape index (κ2) is 12.5. The molecule has 250 valence electrons. The predicted octanol–water partition coefficient (Wildman–Crippen LogP) is 12.1. The zero-order valence-electron chi connectivity index (χ0n) is 28.8. The van der Waals surface area contributed by atoms with Gasteiger partial charge >= 0.3 is 0 Å². The minimum absolute atomic E-state index is 0.359. The number of benzene rings is 7. The van der Waals surface area contributed by atoms with Crippen LogP contribution in [0.15, 0.2) is 170 Å². The lowest BCUT2D eigenvalue weighted by Gasteiger charge is -2.15. The highest BCUT2D eigenvalue weighted by molar-refractivity contribution is 6.19. The van der Waals surface area contributed by atoms with Crippen LogP contribution in [0.2, 0.25) is 0 Å². The van der Waals surface area contributed by atoms with Crippen LogP contribution in [0.3, 0.4) is 0 Å². The van der Waals surface area contributed by atoms with E-state index in [1.807, 2.05) is 91.0 Å². The molecule has 0 atom stereocenters. The lowest BCUT2D eigenvalue weighted by molar-refractivity contribution is 1.16. The Morgan fingerprint density at radius 2 is 1.02 bits per heavy atom. The molecular weight excluding hydrogens is 661 g/mol. The summed E-state index contributed by atoms with van der Waals surface area (Å²) < 4.78 is 4.52. The van der Waals surface area contributed by atoms with Gasteiger partial charge in [0.05, 0.1) is 45.7 Å². The van der Waals surface area contributed by atoms with Crippen molar-refractivity contribution in [2.24, 2.45) is 0 Å². The summed E-state index contributed by atoms with van der Waals surface area (Å²) >= 11 is 0. The quantitative estimate of drug-likeness (QED) is 0.169. The van der Waals surface area contributed by atoms with E-state index in [2.05, 4.69) is 98.9 Å². The molecule has 10 rings (SSSR count). The number of fused-ring (bicyclic) bond motifs is 6. The summed E-state index contributed by atoms with van der Waals surface area (Å²) in [5, 5.41) is 15.2. The van der Waals surface area contributed by atoms with Gasteiger partial charge in [0.2, 0.25) is 5.69 Å². The van der Waals surface area contributed by atoms with E-state index >= 15 is 0 Å². The van der Waals surface area contributed by atoms with Crippen LogP contribution in [-0.2, 0) is 0 Å². The Balaban J connectivity index is 1.23. The highest BCUT2D eigenvalue weighted by Crippen LogP contribution is 2.42. The molecular formula is C48H28N6.